The number of rotatable bonds is 4. The molecule has 0 aliphatic heterocycles. The lowest BCUT2D eigenvalue weighted by Crippen LogP contribution is -2.48. The van der Waals surface area contributed by atoms with Gasteiger partial charge in [0.15, 0.2) is 0 Å². The zero-order chi connectivity index (χ0) is 9.89. The molecule has 0 spiro atoms. The Hall–Kier alpha value is -0.0800. The van der Waals surface area contributed by atoms with Crippen LogP contribution in [0.2, 0.25) is 0 Å². The maximum atomic E-state index is 2.38. The molecule has 12 heavy (non-hydrogen) atoms. The van der Waals surface area contributed by atoms with Crippen molar-refractivity contribution in [1.29, 1.82) is 0 Å². The second-order valence-corrected chi connectivity index (χ2v) is 4.15. The minimum absolute atomic E-state index is 0.519. The molecule has 0 aromatic carbocycles. The smallest absolute Gasteiger partial charge is 0.0592 e. The van der Waals surface area contributed by atoms with E-state index in [0.29, 0.717) is 18.2 Å². The molecule has 0 aliphatic rings. The SMILES string of the molecule is CC(C)N(C)C(C)N(C)C(C)C. The molecule has 0 heterocycles. The third-order valence-electron chi connectivity index (χ3n) is 2.81. The molecule has 0 saturated carbocycles. The van der Waals surface area contributed by atoms with Gasteiger partial charge in [0.25, 0.3) is 0 Å². The highest BCUT2D eigenvalue weighted by Gasteiger charge is 2.18. The summed E-state index contributed by atoms with van der Waals surface area (Å²) in [6.07, 6.45) is 0.519. The van der Waals surface area contributed by atoms with Crippen LogP contribution in [-0.4, -0.2) is 42.1 Å². The van der Waals surface area contributed by atoms with E-state index in [2.05, 4.69) is 58.5 Å². The third-order valence-corrected chi connectivity index (χ3v) is 2.81. The van der Waals surface area contributed by atoms with Crippen LogP contribution in [0.5, 0.6) is 0 Å². The highest BCUT2D eigenvalue weighted by atomic mass is 15.3. The fourth-order valence-electron chi connectivity index (χ4n) is 1.15. The van der Waals surface area contributed by atoms with Crippen LogP contribution in [0.15, 0.2) is 0 Å². The van der Waals surface area contributed by atoms with E-state index in [1.807, 2.05) is 0 Å². The molecule has 0 amide bonds. The summed E-state index contributed by atoms with van der Waals surface area (Å²) < 4.78 is 0. The first-order chi connectivity index (χ1) is 5.37. The summed E-state index contributed by atoms with van der Waals surface area (Å²) in [5.74, 6) is 0. The summed E-state index contributed by atoms with van der Waals surface area (Å²) in [6, 6.07) is 1.22. The summed E-state index contributed by atoms with van der Waals surface area (Å²) in [6.45, 7) is 11.2. The second-order valence-electron chi connectivity index (χ2n) is 4.15. The molecule has 2 heteroatoms. The number of hydrogen-bond acceptors (Lipinski definition) is 2. The molecule has 0 aromatic rings. The summed E-state index contributed by atoms with van der Waals surface area (Å²) in [4.78, 5) is 4.75. The van der Waals surface area contributed by atoms with Gasteiger partial charge in [-0.05, 0) is 48.7 Å². The Morgan fingerprint density at radius 1 is 0.667 bits per heavy atom. The van der Waals surface area contributed by atoms with Crippen molar-refractivity contribution in [1.82, 2.24) is 9.80 Å². The Balaban J connectivity index is 4.08. The Labute approximate surface area is 77.5 Å². The van der Waals surface area contributed by atoms with E-state index >= 15 is 0 Å². The standard InChI is InChI=1S/C10H24N2/c1-8(2)11(6)10(5)12(7)9(3)4/h8-10H,1-7H3. The van der Waals surface area contributed by atoms with Gasteiger partial charge in [-0.25, -0.2) is 0 Å². The molecule has 0 aliphatic carbocycles. The minimum Gasteiger partial charge on any atom is -0.289 e. The van der Waals surface area contributed by atoms with Crippen molar-refractivity contribution in [2.75, 3.05) is 14.1 Å². The lowest BCUT2D eigenvalue weighted by atomic mass is 10.2. The maximum Gasteiger partial charge on any atom is 0.0592 e. The zero-order valence-electron chi connectivity index (χ0n) is 9.63. The fraction of sp³-hybridized carbons (Fsp3) is 1.00. The van der Waals surface area contributed by atoms with Crippen LogP contribution in [0.4, 0.5) is 0 Å². The van der Waals surface area contributed by atoms with Crippen molar-refractivity contribution < 1.29 is 0 Å². The van der Waals surface area contributed by atoms with Crippen molar-refractivity contribution in [2.45, 2.75) is 52.9 Å². The van der Waals surface area contributed by atoms with Gasteiger partial charge in [-0.15, -0.1) is 0 Å². The first-order valence-corrected chi connectivity index (χ1v) is 4.81. The Kier molecular flexibility index (Phi) is 4.80. The summed E-state index contributed by atoms with van der Waals surface area (Å²) in [7, 11) is 4.35. The van der Waals surface area contributed by atoms with Crippen LogP contribution in [0, 0.1) is 0 Å². The van der Waals surface area contributed by atoms with E-state index in [1.165, 1.54) is 0 Å². The van der Waals surface area contributed by atoms with Gasteiger partial charge in [-0.3, -0.25) is 9.80 Å². The molecular formula is C10H24N2. The van der Waals surface area contributed by atoms with Gasteiger partial charge in [-0.1, -0.05) is 0 Å². The lowest BCUT2D eigenvalue weighted by molar-refractivity contribution is 0.0529. The molecule has 0 aromatic heterocycles. The van der Waals surface area contributed by atoms with Gasteiger partial charge in [0.2, 0.25) is 0 Å². The highest BCUT2D eigenvalue weighted by molar-refractivity contribution is 4.68. The summed E-state index contributed by atoms with van der Waals surface area (Å²) >= 11 is 0. The molecule has 74 valence electrons. The molecule has 0 saturated heterocycles. The molecule has 0 radical (unpaired) electrons. The van der Waals surface area contributed by atoms with E-state index in [-0.39, 0.29) is 0 Å². The van der Waals surface area contributed by atoms with Crippen molar-refractivity contribution in [3.8, 4) is 0 Å². The predicted molar refractivity (Wildman–Crippen MR) is 55.3 cm³/mol. The molecular weight excluding hydrogens is 148 g/mol. The van der Waals surface area contributed by atoms with E-state index in [1.54, 1.807) is 0 Å². The molecule has 0 bridgehead atoms. The molecule has 2 nitrogen and oxygen atoms in total. The monoisotopic (exact) mass is 172 g/mol. The van der Waals surface area contributed by atoms with Gasteiger partial charge in [0.1, 0.15) is 0 Å². The van der Waals surface area contributed by atoms with E-state index in [9.17, 15) is 0 Å². The largest absolute Gasteiger partial charge is 0.289 e. The Morgan fingerprint density at radius 2 is 0.917 bits per heavy atom. The van der Waals surface area contributed by atoms with Crippen molar-refractivity contribution in [3.05, 3.63) is 0 Å². The van der Waals surface area contributed by atoms with Crippen LogP contribution in [-0.2, 0) is 0 Å². The topological polar surface area (TPSA) is 6.48 Å². The normalized spacial score (nSPS) is 13.0. The minimum atomic E-state index is 0.519. The second kappa shape index (κ2) is 4.83. The maximum absolute atomic E-state index is 2.38. The lowest BCUT2D eigenvalue weighted by Gasteiger charge is -2.37. The molecule has 0 N–H and O–H groups in total. The van der Waals surface area contributed by atoms with Crippen molar-refractivity contribution >= 4 is 0 Å². The van der Waals surface area contributed by atoms with Gasteiger partial charge < -0.3 is 0 Å². The van der Waals surface area contributed by atoms with Gasteiger partial charge in [0.05, 0.1) is 6.17 Å². The van der Waals surface area contributed by atoms with Gasteiger partial charge in [-0.2, -0.15) is 0 Å². The first kappa shape index (κ1) is 11.9. The van der Waals surface area contributed by atoms with Gasteiger partial charge >= 0.3 is 0 Å². The predicted octanol–water partition coefficient (Wildman–Crippen LogP) is 2.01. The van der Waals surface area contributed by atoms with E-state index < -0.39 is 0 Å². The quantitative estimate of drug-likeness (QED) is 0.599. The Morgan fingerprint density at radius 3 is 1.08 bits per heavy atom. The highest BCUT2D eigenvalue weighted by Crippen LogP contribution is 2.08. The number of nitrogens with zero attached hydrogens (tertiary/aromatic N) is 2. The van der Waals surface area contributed by atoms with Crippen LogP contribution in [0.3, 0.4) is 0 Å². The van der Waals surface area contributed by atoms with Crippen LogP contribution >= 0.6 is 0 Å². The van der Waals surface area contributed by atoms with Crippen LogP contribution < -0.4 is 0 Å². The summed E-state index contributed by atoms with van der Waals surface area (Å²) in [5, 5.41) is 0. The average molecular weight is 172 g/mol. The Bertz CT molecular complexity index is 107. The van der Waals surface area contributed by atoms with Crippen molar-refractivity contribution in [3.63, 3.8) is 0 Å². The van der Waals surface area contributed by atoms with Gasteiger partial charge in [0, 0.05) is 12.1 Å². The van der Waals surface area contributed by atoms with E-state index in [4.69, 9.17) is 0 Å². The zero-order valence-corrected chi connectivity index (χ0v) is 9.63. The molecule has 0 rings (SSSR count). The molecule has 0 fully saturated rings. The average Bonchev–Trinajstić information content (AvgIpc) is 2.00. The summed E-state index contributed by atoms with van der Waals surface area (Å²) in [5.41, 5.74) is 0. The fourth-order valence-corrected chi connectivity index (χ4v) is 1.15. The third kappa shape index (κ3) is 3.11. The van der Waals surface area contributed by atoms with Crippen LogP contribution in [0.25, 0.3) is 0 Å². The van der Waals surface area contributed by atoms with E-state index in [0.717, 1.165) is 0 Å². The van der Waals surface area contributed by atoms with Crippen molar-refractivity contribution in [2.24, 2.45) is 0 Å². The number of hydrogen-bond donors (Lipinski definition) is 0. The molecule has 0 unspecified atom stereocenters. The van der Waals surface area contributed by atoms with Crippen LogP contribution in [0.1, 0.15) is 34.6 Å². The molecule has 0 atom stereocenters. The first-order valence-electron chi connectivity index (χ1n) is 4.81.